The lowest BCUT2D eigenvalue weighted by Crippen LogP contribution is -2.23. The Balaban J connectivity index is 0.00000192. The van der Waals surface area contributed by atoms with Gasteiger partial charge < -0.3 is 15.4 Å². The molecule has 1 aromatic carbocycles. The molecule has 0 unspecified atom stereocenters. The second-order valence-corrected chi connectivity index (χ2v) is 6.38. The third-order valence-electron chi connectivity index (χ3n) is 4.66. The standard InChI is InChI=1S/C18H26N2O2.ClH/c21-18(14-6-4-2-1-3-5-7-14)20-16-8-9-17-15(12-16)13-19-10-11-22-17;/h8-9,12,14,19H,1-7,10-11,13H2,(H,20,21);1H. The highest BCUT2D eigenvalue weighted by Crippen LogP contribution is 2.26. The van der Waals surface area contributed by atoms with E-state index in [2.05, 4.69) is 10.6 Å². The zero-order valence-corrected chi connectivity index (χ0v) is 14.4. The predicted molar refractivity (Wildman–Crippen MR) is 95.3 cm³/mol. The fraction of sp³-hybridized carbons (Fsp3) is 0.611. The van der Waals surface area contributed by atoms with E-state index in [1.807, 2.05) is 18.2 Å². The van der Waals surface area contributed by atoms with Gasteiger partial charge in [0.15, 0.2) is 0 Å². The molecule has 1 fully saturated rings. The predicted octanol–water partition coefficient (Wildman–Crippen LogP) is 3.89. The number of ether oxygens (including phenoxy) is 1. The number of anilines is 1. The SMILES string of the molecule is Cl.O=C(Nc1ccc2c(c1)CNCCO2)C1CCCCCCC1. The van der Waals surface area contributed by atoms with E-state index in [1.165, 1.54) is 32.1 Å². The van der Waals surface area contributed by atoms with Gasteiger partial charge in [-0.05, 0) is 31.0 Å². The maximum Gasteiger partial charge on any atom is 0.227 e. The van der Waals surface area contributed by atoms with Gasteiger partial charge in [-0.15, -0.1) is 12.4 Å². The number of nitrogens with one attached hydrogen (secondary N) is 2. The van der Waals surface area contributed by atoms with E-state index < -0.39 is 0 Å². The lowest BCUT2D eigenvalue weighted by molar-refractivity contribution is -0.120. The van der Waals surface area contributed by atoms with Crippen molar-refractivity contribution in [3.63, 3.8) is 0 Å². The van der Waals surface area contributed by atoms with Crippen LogP contribution in [0.3, 0.4) is 0 Å². The Labute approximate surface area is 144 Å². The molecule has 2 N–H and O–H groups in total. The minimum Gasteiger partial charge on any atom is -0.492 e. The van der Waals surface area contributed by atoms with Crippen molar-refractivity contribution in [2.75, 3.05) is 18.5 Å². The largest absolute Gasteiger partial charge is 0.492 e. The number of amides is 1. The zero-order chi connectivity index (χ0) is 15.2. The zero-order valence-electron chi connectivity index (χ0n) is 13.6. The van der Waals surface area contributed by atoms with Gasteiger partial charge >= 0.3 is 0 Å². The van der Waals surface area contributed by atoms with Crippen LogP contribution in [0.5, 0.6) is 5.75 Å². The van der Waals surface area contributed by atoms with Gasteiger partial charge in [0.05, 0.1) is 0 Å². The summed E-state index contributed by atoms with van der Waals surface area (Å²) in [7, 11) is 0. The first-order valence-corrected chi connectivity index (χ1v) is 8.60. The van der Waals surface area contributed by atoms with Crippen molar-refractivity contribution in [3.05, 3.63) is 23.8 Å². The van der Waals surface area contributed by atoms with E-state index in [9.17, 15) is 4.79 Å². The first-order chi connectivity index (χ1) is 10.8. The summed E-state index contributed by atoms with van der Waals surface area (Å²) in [6.45, 7) is 2.35. The lowest BCUT2D eigenvalue weighted by atomic mass is 9.90. The molecule has 0 atom stereocenters. The maximum atomic E-state index is 12.5. The molecule has 0 saturated heterocycles. The van der Waals surface area contributed by atoms with Gasteiger partial charge in [0.25, 0.3) is 0 Å². The number of benzene rings is 1. The molecule has 1 aromatic rings. The molecule has 1 heterocycles. The molecule has 0 radical (unpaired) electrons. The van der Waals surface area contributed by atoms with Crippen molar-refractivity contribution in [3.8, 4) is 5.75 Å². The number of fused-ring (bicyclic) bond motifs is 1. The van der Waals surface area contributed by atoms with Gasteiger partial charge in [-0.1, -0.05) is 32.1 Å². The van der Waals surface area contributed by atoms with Crippen LogP contribution in [0, 0.1) is 5.92 Å². The van der Waals surface area contributed by atoms with Crippen molar-refractivity contribution in [2.45, 2.75) is 51.5 Å². The number of hydrogen-bond donors (Lipinski definition) is 2. The highest BCUT2D eigenvalue weighted by atomic mass is 35.5. The Bertz CT molecular complexity index is 514. The summed E-state index contributed by atoms with van der Waals surface area (Å²) < 4.78 is 5.68. The molecule has 0 aromatic heterocycles. The Hall–Kier alpha value is -1.26. The Morgan fingerprint density at radius 3 is 2.65 bits per heavy atom. The molecule has 1 amide bonds. The molecular weight excluding hydrogens is 312 g/mol. The molecule has 1 aliphatic heterocycles. The summed E-state index contributed by atoms with van der Waals surface area (Å²) >= 11 is 0. The third kappa shape index (κ3) is 5.11. The van der Waals surface area contributed by atoms with Crippen LogP contribution in [0.15, 0.2) is 18.2 Å². The highest BCUT2D eigenvalue weighted by Gasteiger charge is 2.20. The van der Waals surface area contributed by atoms with Crippen molar-refractivity contribution in [1.82, 2.24) is 5.32 Å². The Morgan fingerprint density at radius 1 is 1.13 bits per heavy atom. The van der Waals surface area contributed by atoms with Crippen LogP contribution in [-0.2, 0) is 11.3 Å². The number of hydrogen-bond acceptors (Lipinski definition) is 3. The molecule has 2 aliphatic rings. The minimum atomic E-state index is 0. The van der Waals surface area contributed by atoms with Crippen molar-refractivity contribution >= 4 is 24.0 Å². The molecule has 23 heavy (non-hydrogen) atoms. The fourth-order valence-electron chi connectivity index (χ4n) is 3.36. The first-order valence-electron chi connectivity index (χ1n) is 8.60. The van der Waals surface area contributed by atoms with Gasteiger partial charge in [-0.3, -0.25) is 4.79 Å². The number of rotatable bonds is 2. The smallest absolute Gasteiger partial charge is 0.227 e. The van der Waals surface area contributed by atoms with Gasteiger partial charge in [-0.25, -0.2) is 0 Å². The van der Waals surface area contributed by atoms with Crippen LogP contribution in [0.2, 0.25) is 0 Å². The van der Waals surface area contributed by atoms with Gasteiger partial charge in [-0.2, -0.15) is 0 Å². The summed E-state index contributed by atoms with van der Waals surface area (Å²) in [6.07, 6.45) is 8.28. The van der Waals surface area contributed by atoms with Crippen LogP contribution in [-0.4, -0.2) is 19.1 Å². The second-order valence-electron chi connectivity index (χ2n) is 6.38. The quantitative estimate of drug-likeness (QED) is 0.860. The second kappa shape index (κ2) is 9.14. The Morgan fingerprint density at radius 2 is 1.87 bits per heavy atom. The van der Waals surface area contributed by atoms with Crippen molar-refractivity contribution < 1.29 is 9.53 Å². The van der Waals surface area contributed by atoms with Crippen molar-refractivity contribution in [2.24, 2.45) is 5.92 Å². The normalized spacial score (nSPS) is 19.1. The number of halogens is 1. The summed E-state index contributed by atoms with van der Waals surface area (Å²) in [6, 6.07) is 5.95. The number of carbonyl (C=O) groups excluding carboxylic acids is 1. The van der Waals surface area contributed by atoms with Gasteiger partial charge in [0, 0.05) is 30.3 Å². The molecule has 4 nitrogen and oxygen atoms in total. The highest BCUT2D eigenvalue weighted by molar-refractivity contribution is 5.92. The molecule has 3 rings (SSSR count). The molecule has 128 valence electrons. The maximum absolute atomic E-state index is 12.5. The molecule has 0 bridgehead atoms. The van der Waals surface area contributed by atoms with Crippen LogP contribution >= 0.6 is 12.4 Å². The van der Waals surface area contributed by atoms with E-state index in [4.69, 9.17) is 4.74 Å². The van der Waals surface area contributed by atoms with E-state index in [0.717, 1.165) is 42.9 Å². The number of carbonyl (C=O) groups is 1. The average molecular weight is 339 g/mol. The lowest BCUT2D eigenvalue weighted by Gasteiger charge is -2.19. The first kappa shape index (κ1) is 18.1. The summed E-state index contributed by atoms with van der Waals surface area (Å²) in [5.41, 5.74) is 2.01. The van der Waals surface area contributed by atoms with Crippen LogP contribution in [0.4, 0.5) is 5.69 Å². The summed E-state index contributed by atoms with van der Waals surface area (Å²) in [5.74, 6) is 1.28. The molecule has 1 saturated carbocycles. The van der Waals surface area contributed by atoms with Crippen molar-refractivity contribution in [1.29, 1.82) is 0 Å². The molecule has 1 aliphatic carbocycles. The minimum absolute atomic E-state index is 0. The van der Waals surface area contributed by atoms with E-state index in [0.29, 0.717) is 6.61 Å². The molecule has 0 spiro atoms. The van der Waals surface area contributed by atoms with Crippen LogP contribution in [0.1, 0.15) is 50.5 Å². The Kier molecular flexibility index (Phi) is 7.18. The summed E-state index contributed by atoms with van der Waals surface area (Å²) in [5, 5.41) is 6.43. The summed E-state index contributed by atoms with van der Waals surface area (Å²) in [4.78, 5) is 12.5. The van der Waals surface area contributed by atoms with E-state index in [-0.39, 0.29) is 24.2 Å². The molecular formula is C18H27ClN2O2. The monoisotopic (exact) mass is 338 g/mol. The topological polar surface area (TPSA) is 50.4 Å². The van der Waals surface area contributed by atoms with E-state index >= 15 is 0 Å². The van der Waals surface area contributed by atoms with Gasteiger partial charge in [0.1, 0.15) is 12.4 Å². The van der Waals surface area contributed by atoms with E-state index in [1.54, 1.807) is 0 Å². The van der Waals surface area contributed by atoms with Crippen LogP contribution < -0.4 is 15.4 Å². The average Bonchev–Trinajstić information content (AvgIpc) is 2.71. The van der Waals surface area contributed by atoms with Crippen LogP contribution in [0.25, 0.3) is 0 Å². The molecule has 5 heteroatoms. The third-order valence-corrected chi connectivity index (χ3v) is 4.66. The fourth-order valence-corrected chi connectivity index (χ4v) is 3.36. The van der Waals surface area contributed by atoms with Gasteiger partial charge in [0.2, 0.25) is 5.91 Å².